The molecule has 21 heavy (non-hydrogen) atoms. The van der Waals surface area contributed by atoms with Crippen molar-refractivity contribution in [3.8, 4) is 0 Å². The first-order chi connectivity index (χ1) is 10.2. The standard InChI is InChI=1S/C15H26N4O2/c1-3-5-13(15(20)21-4-2)18-9-6-12(7-10-18)19-11-8-14(16)17-19/h8,11-13H,3-7,9-10H2,1-2H3,(H2,16,17). The Balaban J connectivity index is 1.93. The predicted molar refractivity (Wildman–Crippen MR) is 81.8 cm³/mol. The first-order valence-corrected chi connectivity index (χ1v) is 7.87. The highest BCUT2D eigenvalue weighted by Gasteiger charge is 2.30. The lowest BCUT2D eigenvalue weighted by molar-refractivity contribution is -0.150. The fraction of sp³-hybridized carbons (Fsp3) is 0.733. The van der Waals surface area contributed by atoms with E-state index < -0.39 is 0 Å². The normalized spacial score (nSPS) is 18.6. The molecule has 2 N–H and O–H groups in total. The third kappa shape index (κ3) is 3.97. The minimum Gasteiger partial charge on any atom is -0.465 e. The fourth-order valence-electron chi connectivity index (χ4n) is 2.98. The largest absolute Gasteiger partial charge is 0.465 e. The Kier molecular flexibility index (Phi) is 5.61. The molecule has 1 fully saturated rings. The second kappa shape index (κ2) is 7.45. The van der Waals surface area contributed by atoms with Crippen LogP contribution in [0, 0.1) is 0 Å². The van der Waals surface area contributed by atoms with E-state index in [9.17, 15) is 4.79 Å². The summed E-state index contributed by atoms with van der Waals surface area (Å²) in [6, 6.07) is 2.10. The molecule has 0 radical (unpaired) electrons. The van der Waals surface area contributed by atoms with E-state index in [0.29, 0.717) is 18.5 Å². The van der Waals surface area contributed by atoms with Crippen molar-refractivity contribution in [2.75, 3.05) is 25.4 Å². The predicted octanol–water partition coefficient (Wildman–Crippen LogP) is 1.83. The van der Waals surface area contributed by atoms with Crippen LogP contribution in [0.2, 0.25) is 0 Å². The molecular formula is C15H26N4O2. The van der Waals surface area contributed by atoms with Gasteiger partial charge in [0.15, 0.2) is 0 Å². The Labute approximate surface area is 126 Å². The molecule has 2 heterocycles. The van der Waals surface area contributed by atoms with Crippen LogP contribution in [0.15, 0.2) is 12.3 Å². The zero-order chi connectivity index (χ0) is 15.2. The number of piperidine rings is 1. The third-order valence-corrected chi connectivity index (χ3v) is 4.06. The SMILES string of the molecule is CCCC(C(=O)OCC)N1CCC(n2ccc(N)n2)CC1. The van der Waals surface area contributed by atoms with Crippen molar-refractivity contribution in [1.82, 2.24) is 14.7 Å². The molecule has 1 unspecified atom stereocenters. The van der Waals surface area contributed by atoms with Crippen LogP contribution >= 0.6 is 0 Å². The van der Waals surface area contributed by atoms with Crippen molar-refractivity contribution in [2.45, 2.75) is 51.6 Å². The first-order valence-electron chi connectivity index (χ1n) is 7.87. The molecule has 2 rings (SSSR count). The van der Waals surface area contributed by atoms with Crippen LogP contribution < -0.4 is 5.73 Å². The smallest absolute Gasteiger partial charge is 0.323 e. The molecule has 1 atom stereocenters. The van der Waals surface area contributed by atoms with Gasteiger partial charge in [0.05, 0.1) is 12.6 Å². The minimum atomic E-state index is -0.0985. The molecule has 1 aromatic rings. The van der Waals surface area contributed by atoms with Gasteiger partial charge in [0.1, 0.15) is 11.9 Å². The second-order valence-corrected chi connectivity index (χ2v) is 5.54. The van der Waals surface area contributed by atoms with E-state index in [1.807, 2.05) is 23.9 Å². The van der Waals surface area contributed by atoms with Gasteiger partial charge in [-0.15, -0.1) is 0 Å². The Bertz CT molecular complexity index is 452. The Morgan fingerprint density at radius 2 is 2.19 bits per heavy atom. The molecule has 6 nitrogen and oxygen atoms in total. The van der Waals surface area contributed by atoms with Crippen LogP contribution in [0.4, 0.5) is 5.82 Å². The maximum Gasteiger partial charge on any atom is 0.323 e. The quantitative estimate of drug-likeness (QED) is 0.810. The zero-order valence-corrected chi connectivity index (χ0v) is 13.0. The summed E-state index contributed by atoms with van der Waals surface area (Å²) in [5.41, 5.74) is 5.67. The molecule has 1 saturated heterocycles. The van der Waals surface area contributed by atoms with Gasteiger partial charge in [0.2, 0.25) is 0 Å². The van der Waals surface area contributed by atoms with Gasteiger partial charge in [-0.1, -0.05) is 13.3 Å². The molecule has 6 heteroatoms. The summed E-state index contributed by atoms with van der Waals surface area (Å²) in [5, 5.41) is 4.29. The second-order valence-electron chi connectivity index (χ2n) is 5.54. The highest BCUT2D eigenvalue weighted by molar-refractivity contribution is 5.75. The van der Waals surface area contributed by atoms with Crippen molar-refractivity contribution in [1.29, 1.82) is 0 Å². The summed E-state index contributed by atoms with van der Waals surface area (Å²) in [4.78, 5) is 14.3. The molecule has 0 amide bonds. The lowest BCUT2D eigenvalue weighted by Gasteiger charge is -2.36. The number of hydrogen-bond donors (Lipinski definition) is 1. The number of hydrogen-bond acceptors (Lipinski definition) is 5. The van der Waals surface area contributed by atoms with Gasteiger partial charge < -0.3 is 10.5 Å². The Morgan fingerprint density at radius 1 is 1.48 bits per heavy atom. The maximum atomic E-state index is 12.1. The molecule has 0 saturated carbocycles. The summed E-state index contributed by atoms with van der Waals surface area (Å²) in [5.74, 6) is 0.481. The van der Waals surface area contributed by atoms with Crippen molar-refractivity contribution in [2.24, 2.45) is 0 Å². The first kappa shape index (κ1) is 15.8. The monoisotopic (exact) mass is 294 g/mol. The van der Waals surface area contributed by atoms with E-state index in [2.05, 4.69) is 16.9 Å². The van der Waals surface area contributed by atoms with Crippen molar-refractivity contribution >= 4 is 11.8 Å². The maximum absolute atomic E-state index is 12.1. The van der Waals surface area contributed by atoms with Gasteiger partial charge in [-0.3, -0.25) is 14.4 Å². The fourth-order valence-corrected chi connectivity index (χ4v) is 2.98. The molecule has 0 aromatic carbocycles. The zero-order valence-electron chi connectivity index (χ0n) is 13.0. The summed E-state index contributed by atoms with van der Waals surface area (Å²) in [7, 11) is 0. The minimum absolute atomic E-state index is 0.0823. The van der Waals surface area contributed by atoms with Crippen LogP contribution in [0.3, 0.4) is 0 Å². The van der Waals surface area contributed by atoms with Crippen molar-refractivity contribution in [3.63, 3.8) is 0 Å². The Morgan fingerprint density at radius 3 is 2.71 bits per heavy atom. The van der Waals surface area contributed by atoms with E-state index in [-0.39, 0.29) is 12.0 Å². The molecule has 118 valence electrons. The van der Waals surface area contributed by atoms with Crippen LogP contribution in [-0.4, -0.2) is 46.4 Å². The van der Waals surface area contributed by atoms with Gasteiger partial charge in [-0.05, 0) is 32.3 Å². The van der Waals surface area contributed by atoms with Gasteiger partial charge in [0.25, 0.3) is 0 Å². The van der Waals surface area contributed by atoms with Gasteiger partial charge >= 0.3 is 5.97 Å². The molecule has 0 bridgehead atoms. The highest BCUT2D eigenvalue weighted by atomic mass is 16.5. The molecule has 1 aromatic heterocycles. The lowest BCUT2D eigenvalue weighted by atomic mass is 10.0. The number of nitrogens with two attached hydrogens (primary N) is 1. The third-order valence-electron chi connectivity index (χ3n) is 4.06. The van der Waals surface area contributed by atoms with E-state index in [4.69, 9.17) is 10.5 Å². The topological polar surface area (TPSA) is 73.4 Å². The van der Waals surface area contributed by atoms with Crippen LogP contribution in [0.5, 0.6) is 0 Å². The Hall–Kier alpha value is -1.56. The van der Waals surface area contributed by atoms with Crippen molar-refractivity contribution < 1.29 is 9.53 Å². The molecule has 0 aliphatic carbocycles. The number of esters is 1. The number of carbonyl (C=O) groups is 1. The number of ether oxygens (including phenoxy) is 1. The average molecular weight is 294 g/mol. The number of rotatable bonds is 6. The van der Waals surface area contributed by atoms with Gasteiger partial charge in [0, 0.05) is 19.3 Å². The number of anilines is 1. The van der Waals surface area contributed by atoms with Crippen LogP contribution in [0.1, 0.15) is 45.6 Å². The van der Waals surface area contributed by atoms with E-state index in [1.165, 1.54) is 0 Å². The summed E-state index contributed by atoms with van der Waals surface area (Å²) < 4.78 is 7.16. The summed E-state index contributed by atoms with van der Waals surface area (Å²) in [6.07, 6.45) is 5.75. The molecular weight excluding hydrogens is 268 g/mol. The molecule has 0 spiro atoms. The number of nitrogens with zero attached hydrogens (tertiary/aromatic N) is 3. The lowest BCUT2D eigenvalue weighted by Crippen LogP contribution is -2.46. The highest BCUT2D eigenvalue weighted by Crippen LogP contribution is 2.25. The average Bonchev–Trinajstić information content (AvgIpc) is 2.92. The number of likely N-dealkylation sites (tertiary alicyclic amines) is 1. The van der Waals surface area contributed by atoms with Gasteiger partial charge in [-0.25, -0.2) is 0 Å². The number of carbonyl (C=O) groups excluding carboxylic acids is 1. The molecule has 1 aliphatic rings. The van der Waals surface area contributed by atoms with E-state index in [0.717, 1.165) is 38.8 Å². The molecule has 1 aliphatic heterocycles. The number of aromatic nitrogens is 2. The van der Waals surface area contributed by atoms with Gasteiger partial charge in [-0.2, -0.15) is 5.10 Å². The van der Waals surface area contributed by atoms with Crippen molar-refractivity contribution in [3.05, 3.63) is 12.3 Å². The summed E-state index contributed by atoms with van der Waals surface area (Å²) >= 11 is 0. The van der Waals surface area contributed by atoms with E-state index in [1.54, 1.807) is 0 Å². The van der Waals surface area contributed by atoms with Crippen LogP contribution in [0.25, 0.3) is 0 Å². The van der Waals surface area contributed by atoms with Crippen LogP contribution in [-0.2, 0) is 9.53 Å². The van der Waals surface area contributed by atoms with E-state index >= 15 is 0 Å². The number of nitrogen functional groups attached to an aromatic ring is 1. The summed E-state index contributed by atoms with van der Waals surface area (Å²) in [6.45, 7) is 6.20.